The van der Waals surface area contributed by atoms with E-state index in [1.807, 2.05) is 91.3 Å². The summed E-state index contributed by atoms with van der Waals surface area (Å²) in [7, 11) is 0. The van der Waals surface area contributed by atoms with Crippen molar-refractivity contribution in [3.8, 4) is 56.9 Å². The van der Waals surface area contributed by atoms with Gasteiger partial charge in [0.1, 0.15) is 29.1 Å². The predicted molar refractivity (Wildman–Crippen MR) is 619 cm³/mol. The number of nitrogens with two attached hydrogens (primary N) is 1. The van der Waals surface area contributed by atoms with Gasteiger partial charge in [-0.25, -0.2) is 24.9 Å². The number of hydrogen-bond donors (Lipinski definition) is 11. The highest BCUT2D eigenvalue weighted by molar-refractivity contribution is 9.11. The van der Waals surface area contributed by atoms with Crippen LogP contribution >= 0.6 is 95.6 Å². The maximum Gasteiger partial charge on any atom is 0.221 e. The molecule has 0 aliphatic heterocycles. The molecule has 1 amide bonds. The zero-order valence-corrected chi connectivity index (χ0v) is 85.4. The minimum Gasteiger partial charge on any atom is -0.399 e. The van der Waals surface area contributed by atoms with E-state index in [2.05, 4.69) is 425 Å². The van der Waals surface area contributed by atoms with Crippen LogP contribution < -0.4 is 16.4 Å². The molecular formula is C120H80Br6N16O. The molecule has 0 saturated heterocycles. The summed E-state index contributed by atoms with van der Waals surface area (Å²) in [5.41, 5.74) is 28.4. The second-order valence-electron chi connectivity index (χ2n) is 35.5. The molecule has 0 aliphatic carbocycles. The third-order valence-electron chi connectivity index (χ3n) is 26.8. The van der Waals surface area contributed by atoms with Gasteiger partial charge in [0, 0.05) is 192 Å². The number of aromatic nitrogens is 13. The maximum atomic E-state index is 11.2. The van der Waals surface area contributed by atoms with Crippen molar-refractivity contribution in [3.05, 3.63) is 403 Å². The molecule has 8 heterocycles. The van der Waals surface area contributed by atoms with Crippen molar-refractivity contribution in [2.45, 2.75) is 13.5 Å². The van der Waals surface area contributed by atoms with Crippen LogP contribution in [0.2, 0.25) is 0 Å². The number of imidazole rings is 5. The zero-order valence-electron chi connectivity index (χ0n) is 75.9. The summed E-state index contributed by atoms with van der Waals surface area (Å²) < 4.78 is 6.31. The minimum absolute atomic E-state index is 0. The molecule has 0 atom stereocenters. The Kier molecular flexibility index (Phi) is 22.7. The fourth-order valence-electron chi connectivity index (χ4n) is 20.3. The van der Waals surface area contributed by atoms with Gasteiger partial charge in [-0.3, -0.25) is 4.79 Å². The van der Waals surface area contributed by atoms with Crippen molar-refractivity contribution in [1.82, 2.24) is 64.8 Å². The van der Waals surface area contributed by atoms with Crippen molar-refractivity contribution >= 4 is 314 Å². The second kappa shape index (κ2) is 36.7. The Hall–Kier alpha value is -15.9. The van der Waals surface area contributed by atoms with Crippen LogP contribution in [0.4, 0.5) is 17.1 Å². The summed E-state index contributed by atoms with van der Waals surface area (Å²) >= 11 is 21.6. The highest BCUT2D eigenvalue weighted by Crippen LogP contribution is 2.45. The Bertz CT molecular complexity index is 9930. The molecule has 29 rings (SSSR count). The number of anilines is 3. The van der Waals surface area contributed by atoms with E-state index in [0.717, 1.165) is 205 Å². The number of hydrogen-bond acceptors (Lipinski definition) is 8. The van der Waals surface area contributed by atoms with Gasteiger partial charge in [0.05, 0.1) is 55.2 Å². The molecule has 0 aliphatic rings. The van der Waals surface area contributed by atoms with E-state index in [0.29, 0.717) is 6.54 Å². The summed E-state index contributed by atoms with van der Waals surface area (Å²) in [4.78, 5) is 64.1. The number of fused-ring (bicyclic) bond motifs is 33. The molecule has 0 bridgehead atoms. The lowest BCUT2D eigenvalue weighted by Crippen LogP contribution is -2.05. The van der Waals surface area contributed by atoms with E-state index in [-0.39, 0.29) is 7.33 Å². The molecule has 17 nitrogen and oxygen atoms in total. The lowest BCUT2D eigenvalue weighted by Gasteiger charge is -2.10. The number of amides is 1. The normalized spacial score (nSPS) is 11.7. The van der Waals surface area contributed by atoms with Gasteiger partial charge in [-0.1, -0.05) is 296 Å². The summed E-state index contributed by atoms with van der Waals surface area (Å²) in [6.45, 7) is 2.22. The Morgan fingerprint density at radius 1 is 0.266 bits per heavy atom. The molecule has 0 saturated carbocycles. The highest BCUT2D eigenvalue weighted by Gasteiger charge is 2.24. The number of carbonyl (C=O) groups is 1. The van der Waals surface area contributed by atoms with Gasteiger partial charge in [0.2, 0.25) is 5.91 Å². The average Bonchev–Trinajstić information content (AvgIpc) is 1.59. The Balaban J connectivity index is 0.0000000979. The van der Waals surface area contributed by atoms with Crippen molar-refractivity contribution < 1.29 is 6.22 Å². The van der Waals surface area contributed by atoms with E-state index in [1.54, 1.807) is 0 Å². The van der Waals surface area contributed by atoms with Crippen molar-refractivity contribution in [2.75, 3.05) is 16.4 Å². The van der Waals surface area contributed by atoms with E-state index in [9.17, 15) is 4.79 Å². The fraction of sp³-hybridized carbons (Fsp3) is 0.0167. The molecule has 8 aromatic heterocycles. The molecule has 688 valence electrons. The average molecular weight is 2240 g/mol. The summed E-state index contributed by atoms with van der Waals surface area (Å²) in [6.07, 6.45) is 6.13. The van der Waals surface area contributed by atoms with Gasteiger partial charge >= 0.3 is 0 Å². The highest BCUT2D eigenvalue weighted by atomic mass is 79.9. The van der Waals surface area contributed by atoms with Crippen molar-refractivity contribution in [3.63, 3.8) is 0 Å². The van der Waals surface area contributed by atoms with Crippen LogP contribution in [-0.4, -0.2) is 70.7 Å². The summed E-state index contributed by atoms with van der Waals surface area (Å²) in [5.74, 6) is 4.22. The van der Waals surface area contributed by atoms with Crippen LogP contribution in [0.5, 0.6) is 0 Å². The van der Waals surface area contributed by atoms with Crippen molar-refractivity contribution in [2.24, 2.45) is 0 Å². The van der Waals surface area contributed by atoms with Crippen LogP contribution in [0, 0.1) is 0 Å². The Labute approximate surface area is 866 Å². The predicted octanol–water partition coefficient (Wildman–Crippen LogP) is 35.1. The first-order valence-electron chi connectivity index (χ1n) is 46.5. The van der Waals surface area contributed by atoms with E-state index >= 15 is 0 Å². The summed E-state index contributed by atoms with van der Waals surface area (Å²) in [5, 5.41) is 33.8. The van der Waals surface area contributed by atoms with E-state index in [1.165, 1.54) is 104 Å². The molecule has 29 aromatic rings. The van der Waals surface area contributed by atoms with E-state index < -0.39 is 0 Å². The maximum absolute atomic E-state index is 11.2. The summed E-state index contributed by atoms with van der Waals surface area (Å²) in [6, 6.07) is 121. The first kappa shape index (κ1) is 88.6. The topological polar surface area (TPSA) is 258 Å². The second-order valence-corrected chi connectivity index (χ2v) is 41.0. The third kappa shape index (κ3) is 16.3. The third-order valence-corrected chi connectivity index (χ3v) is 29.8. The van der Waals surface area contributed by atoms with Crippen LogP contribution in [0.3, 0.4) is 0 Å². The molecule has 0 unspecified atom stereocenters. The van der Waals surface area contributed by atoms with E-state index in [4.69, 9.17) is 30.7 Å². The standard InChI is InChI=1S/C32H21Br2N5.C23H12Br3N3.C23H17N3O.C21H13BrN2.C21H15N3.H2/c33-18-5-9-28-24(11-18)17(15-36-28)14-35-20-7-8-22-21-3-1-2-4-23(21)30-31(26(22)13-20)39-32(38-30)27-16-37-29-10-6-19(34)12-25(27)29;24-11-1-4-14-15-5-2-12(25)9-18(15)22-21(17(14)8-11)28-23(29-22)19-10-27-20-6-3-13(26)7-16(19)20;1-14(27)24-16-12-10-15(11-13-16)23-25-21-19-8-4-2-6-17(19)18-7-3-5-9-20(18)22(21)26-23;22-14-7-5-6-13(12-14)21-23-19-17-10-3-1-8-15(17)16-9-2-4-11-18(16)20(19)24-21;22-14-11-9-13(10-12-14)21-23-19-17-7-3-1-5-15(17)16-6-2-4-8-18(16)20(19)24-21;/h1-13,15-16,35-37H,14H2,(H,38,39);1-10,27H,(H,28,29);2-13H,1H3,(H,24,27)(H,25,26);1-12H,(H,23,24);1-12H,22H2,(H,23,24);1H. The molecule has 12 N–H and O–H groups in total. The van der Waals surface area contributed by atoms with Crippen molar-refractivity contribution in [1.29, 1.82) is 0 Å². The Morgan fingerprint density at radius 3 is 1.00 bits per heavy atom. The number of nitrogen functional groups attached to an aromatic ring is 1. The SMILES string of the molecule is Brc1ccc2[nH]cc(-c3nc4c5cc(Br)ccc5c5ccc(Br)cc5c4[nH]3)c2c1.Brc1ccc2[nH]cc(CNc3ccc4c5ccccc5c5[nH]c(-c6c[nH]c7ccc(Br)cc67)nc5c4c3)c2c1.Brc1cccc(-c2nc3c4ccccc4c4ccccc4c3[nH]2)c1.CC(=O)Nc1ccc(-c2nc3c4ccccc4c4ccccc4c3[nH]2)cc1.Nc1ccc(-c2nc3c4ccccc4c4ccccc4c3[nH]2)cc1.[HH]. The molecule has 0 spiro atoms. The van der Waals surface area contributed by atoms with Crippen LogP contribution in [-0.2, 0) is 11.3 Å². The number of aromatic amines is 8. The number of H-pyrrole nitrogens is 8. The number of halogens is 6. The van der Waals surface area contributed by atoms with Gasteiger partial charge in [-0.05, 0) is 211 Å². The lowest BCUT2D eigenvalue weighted by atomic mass is 9.99. The smallest absolute Gasteiger partial charge is 0.221 e. The monoisotopic (exact) mass is 2230 g/mol. The number of rotatable bonds is 9. The largest absolute Gasteiger partial charge is 0.399 e. The molecular weight excluding hydrogens is 2160 g/mol. The molecule has 0 fully saturated rings. The number of carbonyl (C=O) groups excluding carboxylic acids is 1. The van der Waals surface area contributed by atoms with Crippen LogP contribution in [0.25, 0.3) is 253 Å². The van der Waals surface area contributed by atoms with Crippen LogP contribution in [0.15, 0.2) is 397 Å². The van der Waals surface area contributed by atoms with Gasteiger partial charge < -0.3 is 56.2 Å². The van der Waals surface area contributed by atoms with Gasteiger partial charge in [0.25, 0.3) is 0 Å². The van der Waals surface area contributed by atoms with Gasteiger partial charge in [-0.2, -0.15) is 0 Å². The minimum atomic E-state index is -0.0792. The van der Waals surface area contributed by atoms with Crippen LogP contribution in [0.1, 0.15) is 13.9 Å². The first-order chi connectivity index (χ1) is 70.0. The zero-order chi connectivity index (χ0) is 96.4. The molecule has 143 heavy (non-hydrogen) atoms. The molecule has 0 radical (unpaired) electrons. The van der Waals surface area contributed by atoms with Gasteiger partial charge in [-0.15, -0.1) is 0 Å². The lowest BCUT2D eigenvalue weighted by molar-refractivity contribution is -0.114. The Morgan fingerprint density at radius 2 is 0.566 bits per heavy atom. The number of nitrogens with zero attached hydrogens (tertiary/aromatic N) is 5. The fourth-order valence-corrected chi connectivity index (χ4v) is 22.5. The van der Waals surface area contributed by atoms with Gasteiger partial charge in [0.15, 0.2) is 0 Å². The number of nitrogens with one attached hydrogen (secondary N) is 10. The molecule has 23 heteroatoms. The first-order valence-corrected chi connectivity index (χ1v) is 51.2. The molecule has 21 aromatic carbocycles. The quantitative estimate of drug-likeness (QED) is 0.0488. The number of benzene rings is 21.